The highest BCUT2D eigenvalue weighted by atomic mass is 19.1. The molecule has 4 aromatic heterocycles. The topological polar surface area (TPSA) is 161 Å². The van der Waals surface area contributed by atoms with Gasteiger partial charge in [0, 0.05) is 25.2 Å². The minimum absolute atomic E-state index is 0.159. The molecule has 0 radical (unpaired) electrons. The molecular formula is C34H40FN11O2. The van der Waals surface area contributed by atoms with E-state index in [1.165, 1.54) is 0 Å². The van der Waals surface area contributed by atoms with Gasteiger partial charge in [-0.15, -0.1) is 0 Å². The van der Waals surface area contributed by atoms with Crippen molar-refractivity contribution in [3.63, 3.8) is 0 Å². The predicted octanol–water partition coefficient (Wildman–Crippen LogP) is 6.45. The van der Waals surface area contributed by atoms with Crippen LogP contribution in [0.15, 0.2) is 73.3 Å². The first-order chi connectivity index (χ1) is 23.1. The maximum absolute atomic E-state index is 13.6. The smallest absolute Gasteiger partial charge is 0.326 e. The number of halogens is 1. The van der Waals surface area contributed by atoms with Gasteiger partial charge in [0.15, 0.2) is 34.0 Å². The van der Waals surface area contributed by atoms with Crippen molar-refractivity contribution in [3.05, 3.63) is 90.5 Å². The number of nitrogens with one attached hydrogen (secondary N) is 3. The first-order valence-electron chi connectivity index (χ1n) is 15.8. The summed E-state index contributed by atoms with van der Waals surface area (Å²) >= 11 is 0. The number of aliphatic carboxylic acids is 1. The minimum atomic E-state index is -0.933. The second kappa shape index (κ2) is 15.3. The number of imidazole rings is 2. The van der Waals surface area contributed by atoms with E-state index in [9.17, 15) is 14.3 Å². The third-order valence-corrected chi connectivity index (χ3v) is 7.54. The van der Waals surface area contributed by atoms with E-state index in [2.05, 4.69) is 45.9 Å². The molecule has 0 saturated heterocycles. The van der Waals surface area contributed by atoms with Crippen molar-refractivity contribution >= 4 is 45.9 Å². The van der Waals surface area contributed by atoms with Gasteiger partial charge in [0.1, 0.15) is 6.04 Å². The normalized spacial score (nSPS) is 11.8. The Morgan fingerprint density at radius 3 is 1.69 bits per heavy atom. The lowest BCUT2D eigenvalue weighted by Crippen LogP contribution is -2.29. The Balaban J connectivity index is 0.000000194. The van der Waals surface area contributed by atoms with Crippen LogP contribution in [-0.2, 0) is 17.9 Å². The van der Waals surface area contributed by atoms with E-state index in [1.807, 2.05) is 97.5 Å². The van der Waals surface area contributed by atoms with Crippen molar-refractivity contribution in [1.82, 2.24) is 39.0 Å². The van der Waals surface area contributed by atoms with Gasteiger partial charge in [-0.25, -0.2) is 14.8 Å². The largest absolute Gasteiger partial charge is 0.480 e. The summed E-state index contributed by atoms with van der Waals surface area (Å²) in [5, 5.41) is 18.7. The highest BCUT2D eigenvalue weighted by Crippen LogP contribution is 2.25. The summed E-state index contributed by atoms with van der Waals surface area (Å²) in [4.78, 5) is 36.8. The first-order valence-corrected chi connectivity index (χ1v) is 15.8. The molecule has 6 aromatic rings. The zero-order valence-corrected chi connectivity index (χ0v) is 27.6. The Hall–Kier alpha value is -5.66. The molecule has 0 amide bonds. The van der Waals surface area contributed by atoms with Crippen LogP contribution < -0.4 is 16.0 Å². The van der Waals surface area contributed by atoms with Crippen molar-refractivity contribution in [3.8, 4) is 0 Å². The predicted molar refractivity (Wildman–Crippen MR) is 184 cm³/mol. The molecule has 2 aromatic carbocycles. The highest BCUT2D eigenvalue weighted by molar-refractivity contribution is 5.85. The number of anilines is 3. The Morgan fingerprint density at radius 2 is 1.23 bits per heavy atom. The summed E-state index contributed by atoms with van der Waals surface area (Å²) in [7, 11) is 0. The molecule has 14 heteroatoms. The lowest BCUT2D eigenvalue weighted by atomic mass is 10.2. The number of aromatic nitrogens is 8. The molecule has 0 saturated carbocycles. The van der Waals surface area contributed by atoms with Crippen molar-refractivity contribution in [2.45, 2.75) is 72.3 Å². The van der Waals surface area contributed by atoms with E-state index in [-0.39, 0.29) is 18.0 Å². The van der Waals surface area contributed by atoms with Gasteiger partial charge in [-0.05, 0) is 45.2 Å². The van der Waals surface area contributed by atoms with Crippen LogP contribution in [-0.4, -0.2) is 56.2 Å². The molecule has 0 fully saturated rings. The van der Waals surface area contributed by atoms with Gasteiger partial charge in [0.05, 0.1) is 12.7 Å². The van der Waals surface area contributed by atoms with Gasteiger partial charge in [0.2, 0.25) is 5.95 Å². The number of rotatable bonds is 12. The van der Waals surface area contributed by atoms with E-state index in [1.54, 1.807) is 19.6 Å². The van der Waals surface area contributed by atoms with Crippen LogP contribution in [0.3, 0.4) is 0 Å². The standard InChI is InChI=1S/C19H24N6O2.C15H16FN5/c1-4-14(18(26)27)22-19-23-16(20-10-13-8-6-5-7-9-13)15-17(24-19)25(11-21-15)12(2)3;1-10(2)21-9-18-12-13(19-15(16)20-14(12)21)17-8-11-6-4-3-5-7-11/h5-9,11-12,14H,4,10H2,1-3H3,(H,26,27)(H2,20,22,23,24);3-7,9-10H,8H2,1-2H3,(H,17,19,20)/t14-;/m1./s1. The summed E-state index contributed by atoms with van der Waals surface area (Å²) in [6.07, 6.45) is 3.07. The minimum Gasteiger partial charge on any atom is -0.480 e. The molecule has 4 heterocycles. The fourth-order valence-electron chi connectivity index (χ4n) is 4.93. The van der Waals surface area contributed by atoms with Crippen molar-refractivity contribution in [2.75, 3.05) is 16.0 Å². The van der Waals surface area contributed by atoms with E-state index in [0.29, 0.717) is 53.5 Å². The molecule has 13 nitrogen and oxygen atoms in total. The molecule has 0 aliphatic rings. The van der Waals surface area contributed by atoms with Crippen LogP contribution in [0.5, 0.6) is 0 Å². The fraction of sp³-hybridized carbons (Fsp3) is 0.324. The van der Waals surface area contributed by atoms with E-state index in [4.69, 9.17) is 0 Å². The first kappa shape index (κ1) is 33.7. The third kappa shape index (κ3) is 8.00. The number of hydrogen-bond acceptors (Lipinski definition) is 10. The summed E-state index contributed by atoms with van der Waals surface area (Å²) in [5.41, 5.74) is 4.62. The number of carboxylic acids is 1. The Morgan fingerprint density at radius 1 is 0.750 bits per heavy atom. The second-order valence-electron chi connectivity index (χ2n) is 11.7. The second-order valence-corrected chi connectivity index (χ2v) is 11.7. The number of fused-ring (bicyclic) bond motifs is 2. The maximum atomic E-state index is 13.6. The van der Waals surface area contributed by atoms with Gasteiger partial charge < -0.3 is 30.2 Å². The van der Waals surface area contributed by atoms with Gasteiger partial charge >= 0.3 is 12.0 Å². The molecule has 250 valence electrons. The SMILES string of the molecule is CC(C)n1cnc2c(NCc3ccccc3)nc(F)nc21.CC[C@@H](Nc1nc(NCc2ccccc2)c2ncn(C(C)C)c2n1)C(=O)O. The lowest BCUT2D eigenvalue weighted by Gasteiger charge is -2.15. The summed E-state index contributed by atoms with van der Waals surface area (Å²) in [6, 6.07) is 19.4. The molecule has 1 atom stereocenters. The number of hydrogen-bond donors (Lipinski definition) is 4. The van der Waals surface area contributed by atoms with Gasteiger partial charge in [-0.3, -0.25) is 0 Å². The Labute approximate surface area is 277 Å². The third-order valence-electron chi connectivity index (χ3n) is 7.54. The lowest BCUT2D eigenvalue weighted by molar-refractivity contribution is -0.138. The van der Waals surface area contributed by atoms with E-state index < -0.39 is 18.1 Å². The molecular weight excluding hydrogens is 613 g/mol. The summed E-state index contributed by atoms with van der Waals surface area (Å²) in [5.74, 6) is 0.332. The van der Waals surface area contributed by atoms with Crippen LogP contribution in [0.4, 0.5) is 22.0 Å². The number of carbonyl (C=O) groups is 1. The van der Waals surface area contributed by atoms with E-state index in [0.717, 1.165) is 11.1 Å². The van der Waals surface area contributed by atoms with Crippen molar-refractivity contribution in [2.24, 2.45) is 0 Å². The average Bonchev–Trinajstić information content (AvgIpc) is 3.71. The van der Waals surface area contributed by atoms with Crippen LogP contribution in [0.2, 0.25) is 0 Å². The fourth-order valence-corrected chi connectivity index (χ4v) is 4.93. The molecule has 0 spiro atoms. The van der Waals surface area contributed by atoms with E-state index >= 15 is 0 Å². The molecule has 4 N–H and O–H groups in total. The molecule has 48 heavy (non-hydrogen) atoms. The molecule has 0 bridgehead atoms. The average molecular weight is 654 g/mol. The van der Waals surface area contributed by atoms with Crippen LogP contribution in [0.1, 0.15) is 64.3 Å². The van der Waals surface area contributed by atoms with Gasteiger partial charge in [0.25, 0.3) is 0 Å². The Kier molecular flexibility index (Phi) is 10.7. The quantitative estimate of drug-likeness (QED) is 0.107. The zero-order chi connectivity index (χ0) is 34.2. The summed E-state index contributed by atoms with van der Waals surface area (Å²) in [6.45, 7) is 11.0. The molecule has 6 rings (SSSR count). The van der Waals surface area contributed by atoms with Crippen LogP contribution in [0.25, 0.3) is 22.3 Å². The van der Waals surface area contributed by atoms with Crippen LogP contribution >= 0.6 is 0 Å². The number of nitrogens with zero attached hydrogens (tertiary/aromatic N) is 8. The Bertz CT molecular complexity index is 1960. The maximum Gasteiger partial charge on any atom is 0.326 e. The zero-order valence-electron chi connectivity index (χ0n) is 27.6. The number of carboxylic acid groups (broad SMARTS) is 1. The number of benzene rings is 2. The van der Waals surface area contributed by atoms with Gasteiger partial charge in [-0.1, -0.05) is 67.6 Å². The van der Waals surface area contributed by atoms with Gasteiger partial charge in [-0.2, -0.15) is 24.3 Å². The highest BCUT2D eigenvalue weighted by Gasteiger charge is 2.20. The summed E-state index contributed by atoms with van der Waals surface area (Å²) < 4.78 is 17.4. The molecule has 0 unspecified atom stereocenters. The van der Waals surface area contributed by atoms with Crippen molar-refractivity contribution < 1.29 is 14.3 Å². The monoisotopic (exact) mass is 653 g/mol. The molecule has 0 aliphatic carbocycles. The molecule has 0 aliphatic heterocycles. The van der Waals surface area contributed by atoms with Crippen molar-refractivity contribution in [1.29, 1.82) is 0 Å². The van der Waals surface area contributed by atoms with Crippen LogP contribution in [0, 0.1) is 6.08 Å².